The van der Waals surface area contributed by atoms with Crippen molar-refractivity contribution in [1.82, 2.24) is 20.3 Å². The second-order valence-electron chi connectivity index (χ2n) is 3.80. The van der Waals surface area contributed by atoms with Crippen molar-refractivity contribution in [2.24, 2.45) is 0 Å². The van der Waals surface area contributed by atoms with Crippen molar-refractivity contribution < 1.29 is 9.74 Å². The second-order valence-corrected chi connectivity index (χ2v) is 3.80. The summed E-state index contributed by atoms with van der Waals surface area (Å²) in [5, 5.41) is 19.7. The van der Waals surface area contributed by atoms with Crippen LogP contribution in [0.4, 0.5) is 11.5 Å². The second kappa shape index (κ2) is 3.95. The van der Waals surface area contributed by atoms with E-state index in [4.69, 9.17) is 0 Å². The molecule has 2 aromatic heterocycles. The highest BCUT2D eigenvalue weighted by molar-refractivity contribution is 5.70. The van der Waals surface area contributed by atoms with Gasteiger partial charge in [0.25, 0.3) is 5.88 Å². The van der Waals surface area contributed by atoms with Crippen LogP contribution in [0, 0.1) is 6.92 Å². The molecule has 7 nitrogen and oxygen atoms in total. The third-order valence-electron chi connectivity index (χ3n) is 2.38. The quantitative estimate of drug-likeness (QED) is 0.707. The molecule has 1 aromatic carbocycles. The molecule has 0 aliphatic heterocycles. The molecule has 0 saturated carbocycles. The van der Waals surface area contributed by atoms with Crippen molar-refractivity contribution >= 4 is 22.8 Å². The number of aromatic nitrogens is 4. The van der Waals surface area contributed by atoms with E-state index in [2.05, 4.69) is 30.2 Å². The van der Waals surface area contributed by atoms with Crippen LogP contribution in [0.2, 0.25) is 0 Å². The Bertz CT molecular complexity index is 709. The number of fused-ring (bicyclic) bond motifs is 1. The van der Waals surface area contributed by atoms with Crippen molar-refractivity contribution in [3.8, 4) is 5.88 Å². The Morgan fingerprint density at radius 1 is 1.17 bits per heavy atom. The van der Waals surface area contributed by atoms with E-state index in [1.807, 2.05) is 31.2 Å². The molecule has 7 heteroatoms. The van der Waals surface area contributed by atoms with E-state index in [0.29, 0.717) is 0 Å². The van der Waals surface area contributed by atoms with Crippen molar-refractivity contribution in [1.29, 1.82) is 0 Å². The monoisotopic (exact) mass is 243 g/mol. The lowest BCUT2D eigenvalue weighted by atomic mass is 10.2. The van der Waals surface area contributed by atoms with Crippen LogP contribution in [0.5, 0.6) is 5.88 Å². The van der Waals surface area contributed by atoms with Gasteiger partial charge in [0.15, 0.2) is 5.82 Å². The predicted octanol–water partition coefficient (Wildman–Crippen LogP) is 1.77. The molecule has 2 heterocycles. The van der Waals surface area contributed by atoms with Crippen molar-refractivity contribution in [2.75, 3.05) is 5.32 Å². The van der Waals surface area contributed by atoms with Crippen LogP contribution in [-0.2, 0) is 0 Å². The molecular weight excluding hydrogens is 234 g/mol. The van der Waals surface area contributed by atoms with Gasteiger partial charge in [-0.1, -0.05) is 12.1 Å². The molecule has 3 aromatic rings. The molecule has 0 fully saturated rings. The summed E-state index contributed by atoms with van der Waals surface area (Å²) in [7, 11) is 0. The highest BCUT2D eigenvalue weighted by Crippen LogP contribution is 2.24. The molecule has 0 bridgehead atoms. The molecule has 2 N–H and O–H groups in total. The summed E-state index contributed by atoms with van der Waals surface area (Å²) in [6.07, 6.45) is 0. The first-order chi connectivity index (χ1) is 8.72. The number of rotatable bonds is 2. The zero-order valence-corrected chi connectivity index (χ0v) is 9.45. The highest BCUT2D eigenvalue weighted by Gasteiger charge is 2.11. The predicted molar refractivity (Wildman–Crippen MR) is 63.5 cm³/mol. The molecule has 0 amide bonds. The molecular formula is C11H9N5O2. The maximum atomic E-state index is 9.71. The maximum absolute atomic E-state index is 9.71. The van der Waals surface area contributed by atoms with E-state index in [9.17, 15) is 5.11 Å². The van der Waals surface area contributed by atoms with Crippen LogP contribution in [0.1, 0.15) is 5.56 Å². The van der Waals surface area contributed by atoms with Crippen LogP contribution in [0.3, 0.4) is 0 Å². The zero-order valence-electron chi connectivity index (χ0n) is 9.45. The van der Waals surface area contributed by atoms with Crippen LogP contribution in [-0.4, -0.2) is 25.4 Å². The van der Waals surface area contributed by atoms with E-state index in [1.54, 1.807) is 0 Å². The Labute approximate surface area is 101 Å². The fraction of sp³-hybridized carbons (Fsp3) is 0.0909. The molecule has 0 spiro atoms. The summed E-state index contributed by atoms with van der Waals surface area (Å²) in [4.78, 5) is 7.89. The standard InChI is InChI=1S/C11H9N5O2/c1-6-3-2-4-7(5-6)12-10-11(17)14-9-8(13-10)15-18-16-9/h2-5H,1H3,(H,12,13,15)(H,14,16,17). The number of hydrogen-bond donors (Lipinski definition) is 2. The SMILES string of the molecule is Cc1cccc(Nc2nc3nonc3nc2O)c1. The molecule has 0 saturated heterocycles. The van der Waals surface area contributed by atoms with E-state index in [1.165, 1.54) is 0 Å². The lowest BCUT2D eigenvalue weighted by Crippen LogP contribution is -1.96. The number of nitrogens with zero attached hydrogens (tertiary/aromatic N) is 4. The van der Waals surface area contributed by atoms with Gasteiger partial charge in [0, 0.05) is 5.69 Å². The van der Waals surface area contributed by atoms with Gasteiger partial charge in [0.05, 0.1) is 0 Å². The first-order valence-electron chi connectivity index (χ1n) is 5.25. The Hall–Kier alpha value is -2.70. The Morgan fingerprint density at radius 2 is 1.94 bits per heavy atom. The number of aryl methyl sites for hydroxylation is 1. The van der Waals surface area contributed by atoms with E-state index in [0.717, 1.165) is 11.3 Å². The Kier molecular flexibility index (Phi) is 2.30. The van der Waals surface area contributed by atoms with Gasteiger partial charge in [-0.15, -0.1) is 0 Å². The summed E-state index contributed by atoms with van der Waals surface area (Å²) in [5.74, 6) is -0.0384. The van der Waals surface area contributed by atoms with E-state index in [-0.39, 0.29) is 23.0 Å². The minimum Gasteiger partial charge on any atom is -0.491 e. The summed E-state index contributed by atoms with van der Waals surface area (Å²) in [5.41, 5.74) is 2.30. The smallest absolute Gasteiger partial charge is 0.257 e. The summed E-state index contributed by atoms with van der Waals surface area (Å²) >= 11 is 0. The molecule has 0 atom stereocenters. The van der Waals surface area contributed by atoms with Crippen molar-refractivity contribution in [3.63, 3.8) is 0 Å². The van der Waals surface area contributed by atoms with Crippen LogP contribution < -0.4 is 5.32 Å². The highest BCUT2D eigenvalue weighted by atomic mass is 16.6. The summed E-state index contributed by atoms with van der Waals surface area (Å²) < 4.78 is 4.48. The van der Waals surface area contributed by atoms with Gasteiger partial charge < -0.3 is 10.4 Å². The fourth-order valence-corrected chi connectivity index (χ4v) is 1.57. The van der Waals surface area contributed by atoms with Crippen LogP contribution in [0.25, 0.3) is 11.3 Å². The molecule has 0 unspecified atom stereocenters. The lowest BCUT2D eigenvalue weighted by molar-refractivity contribution is 0.314. The summed E-state index contributed by atoms with van der Waals surface area (Å²) in [6.45, 7) is 1.97. The zero-order chi connectivity index (χ0) is 12.5. The molecule has 0 aliphatic carbocycles. The number of nitrogens with one attached hydrogen (secondary N) is 1. The third kappa shape index (κ3) is 1.81. The Morgan fingerprint density at radius 3 is 2.72 bits per heavy atom. The molecule has 90 valence electrons. The average molecular weight is 243 g/mol. The third-order valence-corrected chi connectivity index (χ3v) is 2.38. The Balaban J connectivity index is 2.01. The minimum atomic E-state index is -0.250. The topological polar surface area (TPSA) is 97.0 Å². The minimum absolute atomic E-state index is 0.169. The van der Waals surface area contributed by atoms with Crippen LogP contribution >= 0.6 is 0 Å². The normalized spacial score (nSPS) is 10.7. The molecule has 3 rings (SSSR count). The molecule has 0 radical (unpaired) electrons. The van der Waals surface area contributed by atoms with Crippen LogP contribution in [0.15, 0.2) is 28.9 Å². The fourth-order valence-electron chi connectivity index (χ4n) is 1.57. The first kappa shape index (κ1) is 10.5. The van der Waals surface area contributed by atoms with Gasteiger partial charge >= 0.3 is 0 Å². The van der Waals surface area contributed by atoms with Gasteiger partial charge in [-0.2, -0.15) is 9.97 Å². The number of anilines is 2. The number of aromatic hydroxyl groups is 1. The molecule has 0 aliphatic rings. The van der Waals surface area contributed by atoms with Crippen molar-refractivity contribution in [3.05, 3.63) is 29.8 Å². The van der Waals surface area contributed by atoms with Gasteiger partial charge in [-0.3, -0.25) is 0 Å². The molecule has 18 heavy (non-hydrogen) atoms. The van der Waals surface area contributed by atoms with Gasteiger partial charge in [0.1, 0.15) is 0 Å². The largest absolute Gasteiger partial charge is 0.491 e. The van der Waals surface area contributed by atoms with E-state index < -0.39 is 0 Å². The van der Waals surface area contributed by atoms with Gasteiger partial charge in [0.2, 0.25) is 11.3 Å². The number of hydrogen-bond acceptors (Lipinski definition) is 7. The maximum Gasteiger partial charge on any atom is 0.257 e. The average Bonchev–Trinajstić information content (AvgIpc) is 2.76. The van der Waals surface area contributed by atoms with E-state index >= 15 is 0 Å². The number of benzene rings is 1. The van der Waals surface area contributed by atoms with Gasteiger partial charge in [-0.05, 0) is 34.9 Å². The lowest BCUT2D eigenvalue weighted by Gasteiger charge is -2.06. The van der Waals surface area contributed by atoms with Crippen molar-refractivity contribution in [2.45, 2.75) is 6.92 Å². The first-order valence-corrected chi connectivity index (χ1v) is 5.25. The van der Waals surface area contributed by atoms with Gasteiger partial charge in [-0.25, -0.2) is 4.63 Å². The summed E-state index contributed by atoms with van der Waals surface area (Å²) in [6, 6.07) is 7.66.